The van der Waals surface area contributed by atoms with Crippen LogP contribution in [0.2, 0.25) is 0 Å². The number of carbonyl (C=O) groups is 2. The van der Waals surface area contributed by atoms with Crippen LogP contribution in [-0.2, 0) is 0 Å². The van der Waals surface area contributed by atoms with Crippen molar-refractivity contribution in [3.63, 3.8) is 0 Å². The van der Waals surface area contributed by atoms with E-state index >= 15 is 0 Å². The van der Waals surface area contributed by atoms with Gasteiger partial charge in [-0.3, -0.25) is 14.7 Å². The van der Waals surface area contributed by atoms with Gasteiger partial charge in [0.2, 0.25) is 0 Å². The van der Waals surface area contributed by atoms with Crippen LogP contribution in [0, 0.1) is 0 Å². The summed E-state index contributed by atoms with van der Waals surface area (Å²) < 4.78 is 5.15. The number of benzene rings is 2. The van der Waals surface area contributed by atoms with E-state index in [-0.39, 0.29) is 22.3 Å². The Morgan fingerprint density at radius 2 is 2.09 bits per heavy atom. The predicted molar refractivity (Wildman–Crippen MR) is 132 cm³/mol. The van der Waals surface area contributed by atoms with Crippen LogP contribution in [0.15, 0.2) is 71.0 Å². The predicted octanol–water partition coefficient (Wildman–Crippen LogP) is 4.32. The Labute approximate surface area is 201 Å². The van der Waals surface area contributed by atoms with E-state index in [1.807, 2.05) is 37.3 Å². The van der Waals surface area contributed by atoms with Crippen LogP contribution >= 0.6 is 11.8 Å². The summed E-state index contributed by atoms with van der Waals surface area (Å²) in [6.07, 6.45) is 4.56. The molecule has 2 aliphatic heterocycles. The standard InChI is InChI=1S/C24H25N5O4S/c1-3-20-21(17-9-10-19(33-2)18(30)15-17)27-29(24(32)34-20)22(16-7-5-4-6-8-16)26-23(31)28-13-11-25-12-14-28/h4-13,15,20,22,30H,3,14H2,1-2H3,(H,26,31). The third kappa shape index (κ3) is 4.91. The van der Waals surface area contributed by atoms with Gasteiger partial charge in [0, 0.05) is 24.2 Å². The molecule has 0 bridgehead atoms. The molecule has 0 aromatic heterocycles. The number of phenolic OH excluding ortho intramolecular Hbond substituents is 1. The lowest BCUT2D eigenvalue weighted by atomic mass is 10.0. The summed E-state index contributed by atoms with van der Waals surface area (Å²) in [5, 5.41) is 18.7. The van der Waals surface area contributed by atoms with Crippen molar-refractivity contribution in [2.24, 2.45) is 10.1 Å². The van der Waals surface area contributed by atoms with Gasteiger partial charge in [0.25, 0.3) is 0 Å². The number of phenols is 1. The Bertz CT molecular complexity index is 1150. The van der Waals surface area contributed by atoms with E-state index in [4.69, 9.17) is 9.84 Å². The minimum atomic E-state index is -0.833. The van der Waals surface area contributed by atoms with Crippen LogP contribution in [0.25, 0.3) is 0 Å². The number of hydrazone groups is 1. The lowest BCUT2D eigenvalue weighted by molar-refractivity contribution is 0.174. The van der Waals surface area contributed by atoms with Gasteiger partial charge < -0.3 is 15.2 Å². The van der Waals surface area contributed by atoms with Crippen molar-refractivity contribution in [3.05, 3.63) is 72.1 Å². The summed E-state index contributed by atoms with van der Waals surface area (Å²) in [6, 6.07) is 13.8. The number of ether oxygens (including phenoxy) is 1. The number of nitrogens with zero attached hydrogens (tertiary/aromatic N) is 4. The molecular formula is C24H25N5O4S. The highest BCUT2D eigenvalue weighted by atomic mass is 32.2. The highest BCUT2D eigenvalue weighted by molar-refractivity contribution is 8.14. The zero-order valence-corrected chi connectivity index (χ0v) is 19.6. The number of thioether (sulfide) groups is 1. The second-order valence-electron chi connectivity index (χ2n) is 7.54. The molecule has 0 fully saturated rings. The van der Waals surface area contributed by atoms with Gasteiger partial charge >= 0.3 is 11.3 Å². The number of amides is 3. The van der Waals surface area contributed by atoms with Crippen molar-refractivity contribution in [3.8, 4) is 11.5 Å². The topological polar surface area (TPSA) is 107 Å². The quantitative estimate of drug-likeness (QED) is 0.642. The van der Waals surface area contributed by atoms with Crippen LogP contribution < -0.4 is 10.1 Å². The number of nitrogens with one attached hydrogen (secondary N) is 1. The van der Waals surface area contributed by atoms with E-state index in [1.54, 1.807) is 30.6 Å². The number of urea groups is 1. The first-order valence-electron chi connectivity index (χ1n) is 10.8. The van der Waals surface area contributed by atoms with Gasteiger partial charge in [-0.05, 0) is 30.2 Å². The molecule has 2 heterocycles. The number of aliphatic imine (C=N–C) groups is 1. The molecular weight excluding hydrogens is 454 g/mol. The van der Waals surface area contributed by atoms with Gasteiger partial charge in [0.15, 0.2) is 17.7 Å². The van der Waals surface area contributed by atoms with Crippen molar-refractivity contribution in [2.75, 3.05) is 13.7 Å². The van der Waals surface area contributed by atoms with E-state index in [0.717, 1.165) is 11.8 Å². The van der Waals surface area contributed by atoms with Crippen molar-refractivity contribution in [1.29, 1.82) is 0 Å². The van der Waals surface area contributed by atoms with E-state index in [0.29, 0.717) is 35.6 Å². The number of aromatic hydroxyl groups is 1. The Balaban J connectivity index is 1.73. The summed E-state index contributed by atoms with van der Waals surface area (Å²) in [5.74, 6) is 0.332. The number of methoxy groups -OCH3 is 1. The van der Waals surface area contributed by atoms with Gasteiger partial charge in [-0.15, -0.1) is 0 Å². The molecule has 176 valence electrons. The lowest BCUT2D eigenvalue weighted by Gasteiger charge is -2.35. The van der Waals surface area contributed by atoms with Gasteiger partial charge in [-0.1, -0.05) is 49.0 Å². The Morgan fingerprint density at radius 1 is 1.29 bits per heavy atom. The molecule has 2 atom stereocenters. The molecule has 10 heteroatoms. The Hall–Kier alpha value is -3.79. The lowest BCUT2D eigenvalue weighted by Crippen LogP contribution is -2.48. The first-order chi connectivity index (χ1) is 16.5. The highest BCUT2D eigenvalue weighted by Gasteiger charge is 2.36. The SMILES string of the molecule is CCC1SC(=O)N(C(NC(=O)N2C=CN=CC2)c2ccccc2)N=C1c1ccc(OC)c(O)c1. The fourth-order valence-electron chi connectivity index (χ4n) is 3.63. The van der Waals surface area contributed by atoms with Crippen LogP contribution in [0.1, 0.15) is 30.6 Å². The molecule has 2 aromatic rings. The van der Waals surface area contributed by atoms with Crippen LogP contribution in [0.3, 0.4) is 0 Å². The van der Waals surface area contributed by atoms with Crippen molar-refractivity contribution >= 4 is 35.0 Å². The van der Waals surface area contributed by atoms with Gasteiger partial charge in [0.05, 0.1) is 24.6 Å². The number of carbonyl (C=O) groups excluding carboxylic acids is 2. The molecule has 0 aliphatic carbocycles. The fraction of sp³-hybridized carbons (Fsp3) is 0.250. The van der Waals surface area contributed by atoms with Gasteiger partial charge in [-0.25, -0.2) is 4.79 Å². The highest BCUT2D eigenvalue weighted by Crippen LogP contribution is 2.35. The molecule has 0 radical (unpaired) electrons. The second-order valence-corrected chi connectivity index (χ2v) is 8.70. The maximum atomic E-state index is 13.2. The summed E-state index contributed by atoms with van der Waals surface area (Å²) >= 11 is 1.14. The minimum absolute atomic E-state index is 0.0162. The maximum Gasteiger partial charge on any atom is 0.323 e. The molecule has 0 spiro atoms. The molecule has 2 N–H and O–H groups in total. The number of rotatable bonds is 6. The van der Waals surface area contributed by atoms with E-state index in [9.17, 15) is 14.7 Å². The second kappa shape index (κ2) is 10.4. The van der Waals surface area contributed by atoms with Crippen LogP contribution in [-0.4, -0.2) is 57.1 Å². The Kier molecular flexibility index (Phi) is 7.17. The maximum absolute atomic E-state index is 13.2. The van der Waals surface area contributed by atoms with Gasteiger partial charge in [-0.2, -0.15) is 10.1 Å². The van der Waals surface area contributed by atoms with Crippen molar-refractivity contribution in [2.45, 2.75) is 24.8 Å². The normalized spacial score (nSPS) is 18.5. The molecule has 2 aliphatic rings. The van der Waals surface area contributed by atoms with E-state index < -0.39 is 6.17 Å². The summed E-state index contributed by atoms with van der Waals surface area (Å²) in [4.78, 5) is 31.6. The Morgan fingerprint density at radius 3 is 2.74 bits per heavy atom. The third-order valence-electron chi connectivity index (χ3n) is 5.39. The van der Waals surface area contributed by atoms with Crippen molar-refractivity contribution in [1.82, 2.24) is 15.2 Å². The monoisotopic (exact) mass is 479 g/mol. The zero-order valence-electron chi connectivity index (χ0n) is 18.8. The molecule has 34 heavy (non-hydrogen) atoms. The third-order valence-corrected chi connectivity index (χ3v) is 6.62. The number of hydrogen-bond acceptors (Lipinski definition) is 7. The zero-order chi connectivity index (χ0) is 24.1. The summed E-state index contributed by atoms with van der Waals surface area (Å²) in [5.41, 5.74) is 2.00. The first-order valence-corrected chi connectivity index (χ1v) is 11.7. The molecule has 2 aromatic carbocycles. The first kappa shape index (κ1) is 23.4. The number of hydrogen-bond donors (Lipinski definition) is 2. The smallest absolute Gasteiger partial charge is 0.323 e. The molecule has 9 nitrogen and oxygen atoms in total. The molecule has 0 saturated carbocycles. The molecule has 0 saturated heterocycles. The van der Waals surface area contributed by atoms with Gasteiger partial charge in [0.1, 0.15) is 0 Å². The van der Waals surface area contributed by atoms with E-state index in [2.05, 4.69) is 10.3 Å². The van der Waals surface area contributed by atoms with Crippen LogP contribution in [0.5, 0.6) is 11.5 Å². The van der Waals surface area contributed by atoms with E-state index in [1.165, 1.54) is 23.2 Å². The summed E-state index contributed by atoms with van der Waals surface area (Å²) in [7, 11) is 1.48. The largest absolute Gasteiger partial charge is 0.504 e. The summed E-state index contributed by atoms with van der Waals surface area (Å²) in [6.45, 7) is 2.30. The minimum Gasteiger partial charge on any atom is -0.504 e. The molecule has 4 rings (SSSR count). The van der Waals surface area contributed by atoms with Crippen LogP contribution in [0.4, 0.5) is 9.59 Å². The van der Waals surface area contributed by atoms with Crippen molar-refractivity contribution < 1.29 is 19.4 Å². The average Bonchev–Trinajstić information content (AvgIpc) is 2.88. The average molecular weight is 480 g/mol. The molecule has 2 unspecified atom stereocenters. The fourth-order valence-corrected chi connectivity index (χ4v) is 4.59. The molecule has 3 amide bonds.